The molecular weight excluding hydrogens is 290 g/mol. The van der Waals surface area contributed by atoms with Crippen LogP contribution in [0.15, 0.2) is 16.6 Å². The zero-order valence-corrected chi connectivity index (χ0v) is 12.5. The van der Waals surface area contributed by atoms with E-state index in [1.54, 1.807) is 0 Å². The molecule has 0 aliphatic carbocycles. The molecule has 1 aromatic carbocycles. The predicted octanol–water partition coefficient (Wildman–Crippen LogP) is 3.46. The van der Waals surface area contributed by atoms with Gasteiger partial charge in [0.1, 0.15) is 11.4 Å². The zero-order chi connectivity index (χ0) is 12.6. The van der Waals surface area contributed by atoms with Crippen molar-refractivity contribution in [3.05, 3.63) is 27.7 Å². The van der Waals surface area contributed by atoms with Crippen molar-refractivity contribution in [3.8, 4) is 5.75 Å². The van der Waals surface area contributed by atoms with E-state index in [2.05, 4.69) is 40.3 Å². The Morgan fingerprint density at radius 3 is 2.78 bits per heavy atom. The molecule has 0 amide bonds. The molecule has 2 heterocycles. The van der Waals surface area contributed by atoms with Crippen LogP contribution in [0.2, 0.25) is 0 Å². The molecule has 1 saturated heterocycles. The second-order valence-corrected chi connectivity index (χ2v) is 6.31. The Kier molecular flexibility index (Phi) is 3.37. The highest BCUT2D eigenvalue weighted by molar-refractivity contribution is 9.10. The van der Waals surface area contributed by atoms with Gasteiger partial charge < -0.3 is 10.1 Å². The van der Waals surface area contributed by atoms with Crippen molar-refractivity contribution in [2.75, 3.05) is 13.1 Å². The number of ether oxygens (including phenoxy) is 1. The van der Waals surface area contributed by atoms with E-state index in [0.717, 1.165) is 49.0 Å². The molecule has 0 radical (unpaired) electrons. The average Bonchev–Trinajstić information content (AvgIpc) is 2.40. The summed E-state index contributed by atoms with van der Waals surface area (Å²) < 4.78 is 7.54. The Labute approximate surface area is 117 Å². The molecule has 2 aliphatic rings. The van der Waals surface area contributed by atoms with Crippen molar-refractivity contribution in [2.45, 2.75) is 44.6 Å². The first-order valence-corrected chi connectivity index (χ1v) is 7.73. The molecule has 0 unspecified atom stereocenters. The topological polar surface area (TPSA) is 21.3 Å². The fraction of sp³-hybridized carbons (Fsp3) is 0.600. The largest absolute Gasteiger partial charge is 0.486 e. The third kappa shape index (κ3) is 2.19. The fourth-order valence-electron chi connectivity index (χ4n) is 3.08. The molecule has 1 fully saturated rings. The van der Waals surface area contributed by atoms with Crippen molar-refractivity contribution in [2.24, 2.45) is 0 Å². The number of halogens is 1. The van der Waals surface area contributed by atoms with Crippen LogP contribution in [0.1, 0.15) is 37.3 Å². The molecular formula is C15H20BrNO. The minimum atomic E-state index is 0.0918. The number of nitrogens with one attached hydrogen (secondary N) is 1. The summed E-state index contributed by atoms with van der Waals surface area (Å²) in [6.07, 6.45) is 5.67. The van der Waals surface area contributed by atoms with E-state index in [4.69, 9.17) is 4.74 Å². The Bertz CT molecular complexity index is 452. The minimum absolute atomic E-state index is 0.0918. The van der Waals surface area contributed by atoms with Gasteiger partial charge in [-0.1, -0.05) is 13.0 Å². The van der Waals surface area contributed by atoms with E-state index >= 15 is 0 Å². The van der Waals surface area contributed by atoms with Crippen LogP contribution < -0.4 is 10.1 Å². The lowest BCUT2D eigenvalue weighted by atomic mass is 9.83. The van der Waals surface area contributed by atoms with Crippen molar-refractivity contribution in [3.63, 3.8) is 0 Å². The SMILES string of the molecule is CCc1cc(Br)c2c(c1)CCC1(CCNCC1)O2. The van der Waals surface area contributed by atoms with Gasteiger partial charge >= 0.3 is 0 Å². The average molecular weight is 310 g/mol. The molecule has 1 aromatic rings. The van der Waals surface area contributed by atoms with Crippen LogP contribution in [-0.2, 0) is 12.8 Å². The molecule has 18 heavy (non-hydrogen) atoms. The lowest BCUT2D eigenvalue weighted by Crippen LogP contribution is -2.48. The second-order valence-electron chi connectivity index (χ2n) is 5.45. The van der Waals surface area contributed by atoms with Gasteiger partial charge in [-0.25, -0.2) is 0 Å². The molecule has 2 aliphatic heterocycles. The minimum Gasteiger partial charge on any atom is -0.486 e. The van der Waals surface area contributed by atoms with Gasteiger partial charge in [0.15, 0.2) is 0 Å². The zero-order valence-electron chi connectivity index (χ0n) is 10.9. The third-order valence-corrected chi connectivity index (χ3v) is 4.86. The van der Waals surface area contributed by atoms with Gasteiger partial charge in [-0.15, -0.1) is 0 Å². The monoisotopic (exact) mass is 309 g/mol. The van der Waals surface area contributed by atoms with E-state index in [9.17, 15) is 0 Å². The lowest BCUT2D eigenvalue weighted by Gasteiger charge is -2.42. The van der Waals surface area contributed by atoms with E-state index < -0.39 is 0 Å². The Balaban J connectivity index is 1.92. The smallest absolute Gasteiger partial charge is 0.137 e. The van der Waals surface area contributed by atoms with Gasteiger partial charge in [-0.2, -0.15) is 0 Å². The van der Waals surface area contributed by atoms with Crippen LogP contribution >= 0.6 is 15.9 Å². The van der Waals surface area contributed by atoms with Crippen molar-refractivity contribution in [1.82, 2.24) is 5.32 Å². The fourth-order valence-corrected chi connectivity index (χ4v) is 3.71. The Morgan fingerprint density at radius 2 is 2.06 bits per heavy atom. The summed E-state index contributed by atoms with van der Waals surface area (Å²) in [5.41, 5.74) is 2.87. The van der Waals surface area contributed by atoms with Gasteiger partial charge in [0.2, 0.25) is 0 Å². The van der Waals surface area contributed by atoms with Gasteiger partial charge in [0.25, 0.3) is 0 Å². The number of hydrogen-bond acceptors (Lipinski definition) is 2. The molecule has 1 N–H and O–H groups in total. The summed E-state index contributed by atoms with van der Waals surface area (Å²) in [4.78, 5) is 0. The summed E-state index contributed by atoms with van der Waals surface area (Å²) >= 11 is 3.68. The summed E-state index contributed by atoms with van der Waals surface area (Å²) in [5, 5.41) is 3.42. The number of hydrogen-bond donors (Lipinski definition) is 1. The highest BCUT2D eigenvalue weighted by Crippen LogP contribution is 2.42. The van der Waals surface area contributed by atoms with Crippen LogP contribution in [0.4, 0.5) is 0 Å². The summed E-state index contributed by atoms with van der Waals surface area (Å²) in [5.74, 6) is 1.10. The van der Waals surface area contributed by atoms with Crippen molar-refractivity contribution < 1.29 is 4.74 Å². The summed E-state index contributed by atoms with van der Waals surface area (Å²) in [6, 6.07) is 4.52. The maximum atomic E-state index is 6.40. The standard InChI is InChI=1S/C15H20BrNO/c1-2-11-9-12-3-4-15(5-7-17-8-6-15)18-14(12)13(16)10-11/h9-10,17H,2-8H2,1H3. The third-order valence-electron chi connectivity index (χ3n) is 4.27. The van der Waals surface area contributed by atoms with Crippen LogP contribution in [0.25, 0.3) is 0 Å². The second kappa shape index (κ2) is 4.86. The highest BCUT2D eigenvalue weighted by atomic mass is 79.9. The molecule has 0 atom stereocenters. The maximum Gasteiger partial charge on any atom is 0.137 e. The van der Waals surface area contributed by atoms with Crippen LogP contribution in [0, 0.1) is 0 Å². The van der Waals surface area contributed by atoms with E-state index in [0.29, 0.717) is 0 Å². The van der Waals surface area contributed by atoms with Gasteiger partial charge in [-0.05, 0) is 78.3 Å². The number of fused-ring (bicyclic) bond motifs is 1. The number of benzene rings is 1. The highest BCUT2D eigenvalue weighted by Gasteiger charge is 2.38. The molecule has 2 nitrogen and oxygen atoms in total. The van der Waals surface area contributed by atoms with Gasteiger partial charge in [0, 0.05) is 0 Å². The first kappa shape index (κ1) is 12.5. The molecule has 0 saturated carbocycles. The molecule has 3 heteroatoms. The maximum absolute atomic E-state index is 6.40. The predicted molar refractivity (Wildman–Crippen MR) is 77.3 cm³/mol. The van der Waals surface area contributed by atoms with Crippen LogP contribution in [0.5, 0.6) is 5.75 Å². The summed E-state index contributed by atoms with van der Waals surface area (Å²) in [6.45, 7) is 4.37. The first-order valence-electron chi connectivity index (χ1n) is 6.93. The van der Waals surface area contributed by atoms with Gasteiger partial charge in [0.05, 0.1) is 4.47 Å². The van der Waals surface area contributed by atoms with E-state index in [1.807, 2.05) is 0 Å². The Morgan fingerprint density at radius 1 is 1.28 bits per heavy atom. The van der Waals surface area contributed by atoms with Crippen molar-refractivity contribution >= 4 is 15.9 Å². The van der Waals surface area contributed by atoms with Crippen molar-refractivity contribution in [1.29, 1.82) is 0 Å². The Hall–Kier alpha value is -0.540. The number of aryl methyl sites for hydroxylation is 2. The number of rotatable bonds is 1. The molecule has 0 bridgehead atoms. The molecule has 1 spiro atoms. The molecule has 3 rings (SSSR count). The summed E-state index contributed by atoms with van der Waals surface area (Å²) in [7, 11) is 0. The van der Waals surface area contributed by atoms with Gasteiger partial charge in [-0.3, -0.25) is 0 Å². The quantitative estimate of drug-likeness (QED) is 0.858. The number of piperidine rings is 1. The van der Waals surface area contributed by atoms with E-state index in [1.165, 1.54) is 17.5 Å². The van der Waals surface area contributed by atoms with Crippen LogP contribution in [-0.4, -0.2) is 18.7 Å². The molecule has 0 aromatic heterocycles. The van der Waals surface area contributed by atoms with E-state index in [-0.39, 0.29) is 5.60 Å². The first-order chi connectivity index (χ1) is 8.72. The van der Waals surface area contributed by atoms with Crippen LogP contribution in [0.3, 0.4) is 0 Å². The molecule has 98 valence electrons. The normalized spacial score (nSPS) is 21.4. The lowest BCUT2D eigenvalue weighted by molar-refractivity contribution is 0.0162.